The lowest BCUT2D eigenvalue weighted by molar-refractivity contribution is -0.124. The van der Waals surface area contributed by atoms with Crippen LogP contribution in [-0.2, 0) is 9.53 Å². The molecule has 0 radical (unpaired) electrons. The van der Waals surface area contributed by atoms with E-state index in [1.54, 1.807) is 13.2 Å². The van der Waals surface area contributed by atoms with Gasteiger partial charge in [0, 0.05) is 30.7 Å². The van der Waals surface area contributed by atoms with Crippen molar-refractivity contribution in [3.05, 3.63) is 36.0 Å². The predicted molar refractivity (Wildman–Crippen MR) is 120 cm³/mol. The number of methoxy groups -OCH3 is 1. The third-order valence-corrected chi connectivity index (χ3v) is 5.51. The van der Waals surface area contributed by atoms with Gasteiger partial charge in [0.05, 0.1) is 12.6 Å². The fourth-order valence-corrected chi connectivity index (χ4v) is 3.88. The van der Waals surface area contributed by atoms with E-state index in [-0.39, 0.29) is 29.5 Å². The van der Waals surface area contributed by atoms with Crippen molar-refractivity contribution in [1.82, 2.24) is 15.6 Å². The zero-order chi connectivity index (χ0) is 22.2. The average molecular weight is 428 g/mol. The van der Waals surface area contributed by atoms with Crippen molar-refractivity contribution in [1.29, 1.82) is 0 Å². The molecule has 168 valence electrons. The lowest BCUT2D eigenvalue weighted by Crippen LogP contribution is -2.50. The second-order valence-corrected chi connectivity index (χ2v) is 8.48. The fourth-order valence-electron chi connectivity index (χ4n) is 3.88. The summed E-state index contributed by atoms with van der Waals surface area (Å²) in [6.45, 7) is 5.50. The summed E-state index contributed by atoms with van der Waals surface area (Å²) in [4.78, 5) is 30.5. The number of ether oxygens (including phenoxy) is 2. The molecular weight excluding hydrogens is 394 g/mol. The first-order valence-electron chi connectivity index (χ1n) is 11.1. The van der Waals surface area contributed by atoms with Crippen LogP contribution in [0.15, 0.2) is 30.3 Å². The van der Waals surface area contributed by atoms with Gasteiger partial charge >= 0.3 is 0 Å². The number of fused-ring (bicyclic) bond motifs is 1. The van der Waals surface area contributed by atoms with Gasteiger partial charge in [-0.1, -0.05) is 26.0 Å². The Labute approximate surface area is 183 Å². The SMILES string of the molecule is COc1cc(C(=O)NC(CC(C)C)C(=O)NC2CCCCOCC2)nc2ccccc12. The quantitative estimate of drug-likeness (QED) is 0.706. The highest BCUT2D eigenvalue weighted by Crippen LogP contribution is 2.25. The molecule has 0 bridgehead atoms. The molecule has 7 nitrogen and oxygen atoms in total. The molecule has 31 heavy (non-hydrogen) atoms. The van der Waals surface area contributed by atoms with E-state index in [4.69, 9.17) is 9.47 Å². The van der Waals surface area contributed by atoms with Gasteiger partial charge in [0.15, 0.2) is 0 Å². The molecule has 0 saturated carbocycles. The van der Waals surface area contributed by atoms with Crippen LogP contribution in [0.4, 0.5) is 0 Å². The van der Waals surface area contributed by atoms with Crippen LogP contribution in [0, 0.1) is 5.92 Å². The summed E-state index contributed by atoms with van der Waals surface area (Å²) in [5, 5.41) is 6.86. The number of amides is 2. The molecular formula is C24H33N3O4. The molecule has 2 atom stereocenters. The third kappa shape index (κ3) is 6.40. The van der Waals surface area contributed by atoms with Crippen LogP contribution in [0.1, 0.15) is 56.4 Å². The standard InChI is InChI=1S/C24H33N3O4/c1-16(2)14-20(23(28)25-17-8-6-7-12-31-13-11-17)27-24(29)21-15-22(30-3)18-9-4-5-10-19(18)26-21/h4-5,9-10,15-17,20H,6-8,11-14H2,1-3H3,(H,25,28)(H,27,29). The molecule has 1 aliphatic rings. The van der Waals surface area contributed by atoms with E-state index >= 15 is 0 Å². The molecule has 2 heterocycles. The van der Waals surface area contributed by atoms with Crippen LogP contribution < -0.4 is 15.4 Å². The highest BCUT2D eigenvalue weighted by molar-refractivity contribution is 5.99. The molecule has 1 aromatic heterocycles. The first kappa shape index (κ1) is 23.0. The van der Waals surface area contributed by atoms with Crippen LogP contribution in [0.25, 0.3) is 10.9 Å². The fraction of sp³-hybridized carbons (Fsp3) is 0.542. The van der Waals surface area contributed by atoms with Crippen molar-refractivity contribution in [2.24, 2.45) is 5.92 Å². The molecule has 2 unspecified atom stereocenters. The van der Waals surface area contributed by atoms with Crippen molar-refractivity contribution >= 4 is 22.7 Å². The Morgan fingerprint density at radius 2 is 2.00 bits per heavy atom. The number of carbonyl (C=O) groups is 2. The number of hydrogen-bond acceptors (Lipinski definition) is 5. The van der Waals surface area contributed by atoms with Gasteiger partial charge < -0.3 is 20.1 Å². The number of hydrogen-bond donors (Lipinski definition) is 2. The van der Waals surface area contributed by atoms with Gasteiger partial charge in [0.1, 0.15) is 17.5 Å². The van der Waals surface area contributed by atoms with Crippen LogP contribution in [0.5, 0.6) is 5.75 Å². The molecule has 1 aliphatic heterocycles. The molecule has 2 amide bonds. The molecule has 2 aromatic rings. The van der Waals surface area contributed by atoms with Crippen molar-refractivity contribution in [3.8, 4) is 5.75 Å². The summed E-state index contributed by atoms with van der Waals surface area (Å²) in [6, 6.07) is 8.56. The average Bonchev–Trinajstić information content (AvgIpc) is 2.73. The Morgan fingerprint density at radius 1 is 1.19 bits per heavy atom. The summed E-state index contributed by atoms with van der Waals surface area (Å²) >= 11 is 0. The smallest absolute Gasteiger partial charge is 0.270 e. The summed E-state index contributed by atoms with van der Waals surface area (Å²) in [5.41, 5.74) is 0.905. The van der Waals surface area contributed by atoms with Gasteiger partial charge in [-0.2, -0.15) is 0 Å². The second kappa shape index (κ2) is 11.1. The van der Waals surface area contributed by atoms with E-state index in [9.17, 15) is 9.59 Å². The molecule has 1 fully saturated rings. The Hall–Kier alpha value is -2.67. The van der Waals surface area contributed by atoms with E-state index in [1.807, 2.05) is 38.1 Å². The molecule has 1 saturated heterocycles. The summed E-state index contributed by atoms with van der Waals surface area (Å²) < 4.78 is 11.0. The van der Waals surface area contributed by atoms with Crippen molar-refractivity contribution in [3.63, 3.8) is 0 Å². The lowest BCUT2D eigenvalue weighted by atomic mass is 10.0. The second-order valence-electron chi connectivity index (χ2n) is 8.48. The van der Waals surface area contributed by atoms with Gasteiger partial charge in [-0.15, -0.1) is 0 Å². The summed E-state index contributed by atoms with van der Waals surface area (Å²) in [6.07, 6.45) is 4.30. The van der Waals surface area contributed by atoms with Crippen LogP contribution in [0.2, 0.25) is 0 Å². The maximum atomic E-state index is 13.0. The Morgan fingerprint density at radius 3 is 2.77 bits per heavy atom. The Bertz CT molecular complexity index is 892. The number of rotatable bonds is 7. The molecule has 0 spiro atoms. The van der Waals surface area contributed by atoms with Gasteiger partial charge in [-0.3, -0.25) is 9.59 Å². The van der Waals surface area contributed by atoms with Crippen molar-refractivity contribution in [2.75, 3.05) is 20.3 Å². The van der Waals surface area contributed by atoms with Crippen molar-refractivity contribution in [2.45, 2.75) is 58.0 Å². The Kier molecular flexibility index (Phi) is 8.23. The highest BCUT2D eigenvalue weighted by Gasteiger charge is 2.26. The van der Waals surface area contributed by atoms with Gasteiger partial charge in [-0.05, 0) is 50.2 Å². The lowest BCUT2D eigenvalue weighted by Gasteiger charge is -2.25. The summed E-state index contributed by atoms with van der Waals surface area (Å²) in [7, 11) is 1.57. The monoisotopic (exact) mass is 427 g/mol. The first-order valence-corrected chi connectivity index (χ1v) is 11.1. The highest BCUT2D eigenvalue weighted by atomic mass is 16.5. The number of pyridine rings is 1. The number of nitrogens with zero attached hydrogens (tertiary/aromatic N) is 1. The maximum Gasteiger partial charge on any atom is 0.270 e. The number of aromatic nitrogens is 1. The molecule has 7 heteroatoms. The number of carbonyl (C=O) groups excluding carboxylic acids is 2. The zero-order valence-corrected chi connectivity index (χ0v) is 18.6. The van der Waals surface area contributed by atoms with E-state index in [1.165, 1.54) is 0 Å². The van der Waals surface area contributed by atoms with Crippen LogP contribution in [0.3, 0.4) is 0 Å². The van der Waals surface area contributed by atoms with Gasteiger partial charge in [-0.25, -0.2) is 4.98 Å². The number of benzene rings is 1. The van der Waals surface area contributed by atoms with Crippen molar-refractivity contribution < 1.29 is 19.1 Å². The van der Waals surface area contributed by atoms with Gasteiger partial charge in [0.2, 0.25) is 5.91 Å². The van der Waals surface area contributed by atoms with Crippen LogP contribution in [-0.4, -0.2) is 49.2 Å². The molecule has 0 aliphatic carbocycles. The van der Waals surface area contributed by atoms with E-state index in [0.29, 0.717) is 24.3 Å². The largest absolute Gasteiger partial charge is 0.496 e. The Balaban J connectivity index is 1.74. The molecule has 2 N–H and O–H groups in total. The predicted octanol–water partition coefficient (Wildman–Crippen LogP) is 3.46. The molecule has 3 rings (SSSR count). The summed E-state index contributed by atoms with van der Waals surface area (Å²) in [5.74, 6) is 0.289. The topological polar surface area (TPSA) is 89.5 Å². The van der Waals surface area contributed by atoms with E-state index < -0.39 is 6.04 Å². The van der Waals surface area contributed by atoms with E-state index in [2.05, 4.69) is 15.6 Å². The minimum atomic E-state index is -0.627. The number of nitrogens with one attached hydrogen (secondary N) is 2. The normalized spacial score (nSPS) is 18.1. The molecule has 1 aromatic carbocycles. The number of para-hydroxylation sites is 1. The minimum absolute atomic E-state index is 0.0678. The minimum Gasteiger partial charge on any atom is -0.496 e. The van der Waals surface area contributed by atoms with Gasteiger partial charge in [0.25, 0.3) is 5.91 Å². The van der Waals surface area contributed by atoms with Crippen LogP contribution >= 0.6 is 0 Å². The first-order chi connectivity index (χ1) is 15.0. The zero-order valence-electron chi connectivity index (χ0n) is 18.6. The maximum absolute atomic E-state index is 13.0. The van der Waals surface area contributed by atoms with E-state index in [0.717, 1.165) is 37.7 Å². The third-order valence-electron chi connectivity index (χ3n) is 5.51.